The van der Waals surface area contributed by atoms with Crippen molar-refractivity contribution in [2.24, 2.45) is 4.99 Å². The zero-order valence-electron chi connectivity index (χ0n) is 14.8. The van der Waals surface area contributed by atoms with Gasteiger partial charge in [0, 0.05) is 24.9 Å². The summed E-state index contributed by atoms with van der Waals surface area (Å²) in [7, 11) is 6.07. The molecule has 0 spiro atoms. The Morgan fingerprint density at radius 2 is 2.04 bits per heavy atom. The van der Waals surface area contributed by atoms with Crippen LogP contribution in [0, 0.1) is 0 Å². The van der Waals surface area contributed by atoms with E-state index in [4.69, 9.17) is 0 Å². The van der Waals surface area contributed by atoms with Gasteiger partial charge >= 0.3 is 0 Å². The van der Waals surface area contributed by atoms with Gasteiger partial charge < -0.3 is 15.5 Å². The number of nitrogens with one attached hydrogen (secondary N) is 2. The highest BCUT2D eigenvalue weighted by molar-refractivity contribution is 8.00. The molecule has 0 aromatic heterocycles. The first-order valence-corrected chi connectivity index (χ1v) is 9.32. The van der Waals surface area contributed by atoms with Crippen LogP contribution in [0.2, 0.25) is 0 Å². The first-order chi connectivity index (χ1) is 11.0. The highest BCUT2D eigenvalue weighted by atomic mass is 32.2. The van der Waals surface area contributed by atoms with Gasteiger partial charge in [-0.15, -0.1) is 0 Å². The maximum absolute atomic E-state index is 4.37. The lowest BCUT2D eigenvalue weighted by atomic mass is 10.1. The minimum Gasteiger partial charge on any atom is -0.355 e. The summed E-state index contributed by atoms with van der Waals surface area (Å²) in [5.41, 5.74) is 1.32. The van der Waals surface area contributed by atoms with E-state index in [2.05, 4.69) is 83.6 Å². The zero-order valence-corrected chi connectivity index (χ0v) is 15.6. The third-order valence-corrected chi connectivity index (χ3v) is 5.96. The lowest BCUT2D eigenvalue weighted by Crippen LogP contribution is -2.45. The molecule has 1 saturated heterocycles. The average molecular weight is 335 g/mol. The molecule has 0 saturated carbocycles. The number of hydrogen-bond donors (Lipinski definition) is 2. The summed E-state index contributed by atoms with van der Waals surface area (Å²) in [5.74, 6) is 2.17. The average Bonchev–Trinajstić information content (AvgIpc) is 2.98. The van der Waals surface area contributed by atoms with Crippen molar-refractivity contribution in [3.8, 4) is 0 Å². The van der Waals surface area contributed by atoms with Crippen LogP contribution in [0.3, 0.4) is 0 Å². The minimum atomic E-state index is 0.325. The van der Waals surface area contributed by atoms with E-state index >= 15 is 0 Å². The number of benzene rings is 1. The Morgan fingerprint density at radius 3 is 2.61 bits per heavy atom. The lowest BCUT2D eigenvalue weighted by molar-refractivity contribution is 0.298. The summed E-state index contributed by atoms with van der Waals surface area (Å²) in [5, 5.41) is 6.98. The Balaban J connectivity index is 1.88. The molecule has 1 fully saturated rings. The van der Waals surface area contributed by atoms with Crippen LogP contribution in [-0.2, 0) is 0 Å². The van der Waals surface area contributed by atoms with E-state index in [9.17, 15) is 0 Å². The topological polar surface area (TPSA) is 39.7 Å². The Bertz CT molecular complexity index is 495. The van der Waals surface area contributed by atoms with Crippen molar-refractivity contribution in [1.29, 1.82) is 0 Å². The van der Waals surface area contributed by atoms with Crippen LogP contribution < -0.4 is 10.6 Å². The van der Waals surface area contributed by atoms with Crippen molar-refractivity contribution in [3.05, 3.63) is 35.9 Å². The fraction of sp³-hybridized carbons (Fsp3) is 0.611. The van der Waals surface area contributed by atoms with Crippen molar-refractivity contribution in [2.45, 2.75) is 30.6 Å². The highest BCUT2D eigenvalue weighted by Gasteiger charge is 2.29. The third-order valence-electron chi connectivity index (χ3n) is 4.42. The lowest BCUT2D eigenvalue weighted by Gasteiger charge is -2.28. The zero-order chi connectivity index (χ0) is 16.7. The summed E-state index contributed by atoms with van der Waals surface area (Å²) in [6.07, 6.45) is 2.61. The monoisotopic (exact) mass is 334 g/mol. The molecular weight excluding hydrogens is 304 g/mol. The Morgan fingerprint density at radius 1 is 1.30 bits per heavy atom. The van der Waals surface area contributed by atoms with E-state index in [0.717, 1.165) is 19.0 Å². The van der Waals surface area contributed by atoms with Crippen molar-refractivity contribution < 1.29 is 0 Å². The molecule has 1 aromatic rings. The van der Waals surface area contributed by atoms with E-state index in [0.29, 0.717) is 10.8 Å². The summed E-state index contributed by atoms with van der Waals surface area (Å²) < 4.78 is 0.345. The maximum Gasteiger partial charge on any atom is 0.191 e. The molecule has 2 atom stereocenters. The Kier molecular flexibility index (Phi) is 6.78. The van der Waals surface area contributed by atoms with E-state index in [1.807, 2.05) is 7.05 Å². The van der Waals surface area contributed by atoms with Crippen LogP contribution in [-0.4, -0.2) is 55.6 Å². The second-order valence-corrected chi connectivity index (χ2v) is 8.28. The van der Waals surface area contributed by atoms with Crippen LogP contribution in [0.1, 0.15) is 31.4 Å². The predicted molar refractivity (Wildman–Crippen MR) is 102 cm³/mol. The van der Waals surface area contributed by atoms with Gasteiger partial charge in [-0.2, -0.15) is 11.8 Å². The fourth-order valence-electron chi connectivity index (χ4n) is 2.93. The summed E-state index contributed by atoms with van der Waals surface area (Å²) >= 11 is 2.07. The predicted octanol–water partition coefficient (Wildman–Crippen LogP) is 2.74. The van der Waals surface area contributed by atoms with Crippen LogP contribution in [0.5, 0.6) is 0 Å². The molecule has 1 aromatic carbocycles. The van der Waals surface area contributed by atoms with E-state index in [-0.39, 0.29) is 0 Å². The molecule has 2 rings (SSSR count). The molecule has 1 aliphatic heterocycles. The SMILES string of the molecule is CN=C(NCC(c1ccccc1)N(C)C)NCC1(C)CCCS1. The highest BCUT2D eigenvalue weighted by Crippen LogP contribution is 2.36. The number of likely N-dealkylation sites (N-methyl/N-ethyl adjacent to an activating group) is 1. The Labute approximate surface area is 145 Å². The standard InChI is InChI=1S/C18H30N4S/c1-18(11-8-12-23-18)14-21-17(19-2)20-13-16(22(3)4)15-9-6-5-7-10-15/h5-7,9-10,16H,8,11-14H2,1-4H3,(H2,19,20,21). The van der Waals surface area contributed by atoms with Gasteiger partial charge in [-0.05, 0) is 45.2 Å². The molecule has 23 heavy (non-hydrogen) atoms. The summed E-state index contributed by atoms with van der Waals surface area (Å²) in [4.78, 5) is 6.61. The van der Waals surface area contributed by atoms with Gasteiger partial charge in [-0.25, -0.2) is 0 Å². The van der Waals surface area contributed by atoms with Gasteiger partial charge in [0.2, 0.25) is 0 Å². The molecule has 0 aliphatic carbocycles. The van der Waals surface area contributed by atoms with Crippen LogP contribution in [0.15, 0.2) is 35.3 Å². The van der Waals surface area contributed by atoms with Gasteiger partial charge in [0.15, 0.2) is 5.96 Å². The number of guanidine groups is 1. The smallest absolute Gasteiger partial charge is 0.191 e. The van der Waals surface area contributed by atoms with Crippen molar-refractivity contribution in [1.82, 2.24) is 15.5 Å². The number of nitrogens with zero attached hydrogens (tertiary/aromatic N) is 2. The van der Waals surface area contributed by atoms with Crippen molar-refractivity contribution in [2.75, 3.05) is 40.0 Å². The van der Waals surface area contributed by atoms with Gasteiger partial charge in [-0.3, -0.25) is 4.99 Å². The number of hydrogen-bond acceptors (Lipinski definition) is 3. The minimum absolute atomic E-state index is 0.325. The van der Waals surface area contributed by atoms with E-state index in [1.165, 1.54) is 24.2 Å². The third kappa shape index (κ3) is 5.43. The van der Waals surface area contributed by atoms with Gasteiger partial charge in [0.1, 0.15) is 0 Å². The Hall–Kier alpha value is -1.20. The molecule has 0 bridgehead atoms. The van der Waals surface area contributed by atoms with Crippen LogP contribution in [0.4, 0.5) is 0 Å². The first-order valence-electron chi connectivity index (χ1n) is 8.34. The molecule has 2 unspecified atom stereocenters. The first kappa shape index (κ1) is 18.1. The second kappa shape index (κ2) is 8.60. The largest absolute Gasteiger partial charge is 0.355 e. The number of thioether (sulfide) groups is 1. The number of aliphatic imine (C=N–C) groups is 1. The number of rotatable bonds is 6. The molecule has 1 heterocycles. The van der Waals surface area contributed by atoms with E-state index in [1.54, 1.807) is 0 Å². The normalized spacial score (nSPS) is 23.1. The molecule has 5 heteroatoms. The molecule has 0 radical (unpaired) electrons. The maximum atomic E-state index is 4.37. The second-order valence-electron chi connectivity index (χ2n) is 6.60. The molecular formula is C18H30N4S. The van der Waals surface area contributed by atoms with Crippen molar-refractivity contribution >= 4 is 17.7 Å². The molecule has 4 nitrogen and oxygen atoms in total. The quantitative estimate of drug-likeness (QED) is 0.620. The van der Waals surface area contributed by atoms with E-state index < -0.39 is 0 Å². The molecule has 0 amide bonds. The molecule has 1 aliphatic rings. The van der Waals surface area contributed by atoms with Gasteiger partial charge in [0.25, 0.3) is 0 Å². The van der Waals surface area contributed by atoms with Crippen molar-refractivity contribution in [3.63, 3.8) is 0 Å². The van der Waals surface area contributed by atoms with Gasteiger partial charge in [-0.1, -0.05) is 30.3 Å². The fourth-order valence-corrected chi connectivity index (χ4v) is 4.18. The molecule has 2 N–H and O–H groups in total. The molecule has 128 valence electrons. The van der Waals surface area contributed by atoms with Crippen LogP contribution in [0.25, 0.3) is 0 Å². The van der Waals surface area contributed by atoms with Gasteiger partial charge in [0.05, 0.1) is 6.04 Å². The summed E-state index contributed by atoms with van der Waals surface area (Å²) in [6.45, 7) is 4.15. The van der Waals surface area contributed by atoms with Crippen LogP contribution >= 0.6 is 11.8 Å². The summed E-state index contributed by atoms with van der Waals surface area (Å²) in [6, 6.07) is 10.9.